The Kier molecular flexibility index (Phi) is 8.12. The minimum Gasteiger partial charge on any atom is -0.494 e. The van der Waals surface area contributed by atoms with Crippen LogP contribution in [0.3, 0.4) is 0 Å². The van der Waals surface area contributed by atoms with E-state index in [2.05, 4.69) is 10.0 Å². The molecule has 3 aromatic carbocycles. The molecule has 0 saturated heterocycles. The normalized spacial score (nSPS) is 12.0. The summed E-state index contributed by atoms with van der Waals surface area (Å²) < 4.78 is 33.2. The maximum absolute atomic E-state index is 13.3. The molecule has 1 atom stereocenters. The largest absolute Gasteiger partial charge is 0.494 e. The quantitative estimate of drug-likeness (QED) is 0.234. The second kappa shape index (κ2) is 11.4. The Balaban J connectivity index is 1.49. The lowest BCUT2D eigenvalue weighted by Gasteiger charge is -2.17. The smallest absolute Gasteiger partial charge is 0.271 e. The van der Waals surface area contributed by atoms with E-state index in [1.807, 2.05) is 61.5 Å². The molecular formula is C26H24N2O4S3. The highest BCUT2D eigenvalue weighted by Gasteiger charge is 2.22. The first kappa shape index (κ1) is 24.8. The van der Waals surface area contributed by atoms with Crippen LogP contribution in [0, 0.1) is 0 Å². The van der Waals surface area contributed by atoms with Crippen LogP contribution >= 0.6 is 23.1 Å². The number of carbonyl (C=O) groups excluding carboxylic acids is 1. The third-order valence-electron chi connectivity index (χ3n) is 4.89. The molecule has 1 aromatic heterocycles. The fourth-order valence-electron chi connectivity index (χ4n) is 3.27. The number of carbonyl (C=O) groups is 1. The summed E-state index contributed by atoms with van der Waals surface area (Å²) in [7, 11) is -3.62. The van der Waals surface area contributed by atoms with Crippen molar-refractivity contribution in [1.29, 1.82) is 0 Å². The van der Waals surface area contributed by atoms with Gasteiger partial charge in [0.05, 0.1) is 6.61 Å². The molecule has 1 heterocycles. The second-order valence-electron chi connectivity index (χ2n) is 7.42. The zero-order valence-electron chi connectivity index (χ0n) is 18.9. The first-order valence-corrected chi connectivity index (χ1v) is 14.1. The lowest BCUT2D eigenvalue weighted by Crippen LogP contribution is -2.19. The van der Waals surface area contributed by atoms with Gasteiger partial charge in [-0.05, 0) is 72.5 Å². The average Bonchev–Trinajstić information content (AvgIpc) is 3.42. The van der Waals surface area contributed by atoms with Gasteiger partial charge in [0.15, 0.2) is 0 Å². The van der Waals surface area contributed by atoms with Gasteiger partial charge in [-0.3, -0.25) is 9.52 Å². The van der Waals surface area contributed by atoms with Gasteiger partial charge < -0.3 is 10.1 Å². The molecular weight excluding hydrogens is 500 g/mol. The number of rotatable bonds is 10. The van der Waals surface area contributed by atoms with Gasteiger partial charge in [-0.2, -0.15) is 0 Å². The van der Waals surface area contributed by atoms with Gasteiger partial charge in [0.2, 0.25) is 5.91 Å². The Labute approximate surface area is 213 Å². The molecule has 180 valence electrons. The molecule has 1 unspecified atom stereocenters. The predicted octanol–water partition coefficient (Wildman–Crippen LogP) is 6.42. The number of nitrogens with one attached hydrogen (secondary N) is 2. The number of anilines is 2. The van der Waals surface area contributed by atoms with Crippen LogP contribution in [0.5, 0.6) is 5.75 Å². The minimum absolute atomic E-state index is 0.159. The molecule has 35 heavy (non-hydrogen) atoms. The van der Waals surface area contributed by atoms with Crippen molar-refractivity contribution in [3.05, 3.63) is 102 Å². The molecule has 0 aliphatic heterocycles. The SMILES string of the molecule is CCOc1ccc(NC(=O)C(Sc2ccc(NS(=O)(=O)c3cccs3)cc2)c2ccccc2)cc1. The number of hydrogen-bond acceptors (Lipinski definition) is 6. The topological polar surface area (TPSA) is 84.5 Å². The molecule has 9 heteroatoms. The van der Waals surface area contributed by atoms with Crippen molar-refractivity contribution in [2.75, 3.05) is 16.6 Å². The Morgan fingerprint density at radius 3 is 2.23 bits per heavy atom. The fraction of sp³-hybridized carbons (Fsp3) is 0.115. The third kappa shape index (κ3) is 6.66. The highest BCUT2D eigenvalue weighted by atomic mass is 32.2. The van der Waals surface area contributed by atoms with Crippen LogP contribution in [0.2, 0.25) is 0 Å². The van der Waals surface area contributed by atoms with Crippen LogP contribution in [0.4, 0.5) is 11.4 Å². The monoisotopic (exact) mass is 524 g/mol. The first-order chi connectivity index (χ1) is 16.9. The van der Waals surface area contributed by atoms with Crippen molar-refractivity contribution < 1.29 is 17.9 Å². The van der Waals surface area contributed by atoms with Crippen LogP contribution in [0.25, 0.3) is 0 Å². The molecule has 1 amide bonds. The number of hydrogen-bond donors (Lipinski definition) is 2. The van der Waals surface area contributed by atoms with E-state index in [0.717, 1.165) is 27.5 Å². The van der Waals surface area contributed by atoms with E-state index in [1.165, 1.54) is 11.8 Å². The molecule has 0 aliphatic rings. The number of thioether (sulfide) groups is 1. The summed E-state index contributed by atoms with van der Waals surface area (Å²) >= 11 is 2.55. The summed E-state index contributed by atoms with van der Waals surface area (Å²) in [5.41, 5.74) is 2.00. The highest BCUT2D eigenvalue weighted by molar-refractivity contribution is 8.00. The van der Waals surface area contributed by atoms with Gasteiger partial charge in [-0.25, -0.2) is 8.42 Å². The van der Waals surface area contributed by atoms with E-state index in [1.54, 1.807) is 41.8 Å². The molecule has 0 radical (unpaired) electrons. The van der Waals surface area contributed by atoms with E-state index in [0.29, 0.717) is 18.0 Å². The van der Waals surface area contributed by atoms with E-state index in [4.69, 9.17) is 4.74 Å². The summed E-state index contributed by atoms with van der Waals surface area (Å²) in [6.45, 7) is 2.50. The fourth-order valence-corrected chi connectivity index (χ4v) is 6.35. The molecule has 4 rings (SSSR count). The van der Waals surface area contributed by atoms with Gasteiger partial charge in [0.1, 0.15) is 15.2 Å². The van der Waals surface area contributed by atoms with Gasteiger partial charge in [0, 0.05) is 16.3 Å². The number of sulfonamides is 1. The number of thiophene rings is 1. The van der Waals surface area contributed by atoms with Crippen molar-refractivity contribution in [3.63, 3.8) is 0 Å². The Bertz CT molecular complexity index is 1340. The molecule has 0 fully saturated rings. The molecule has 0 bridgehead atoms. The maximum Gasteiger partial charge on any atom is 0.271 e. The number of ether oxygens (including phenoxy) is 1. The summed E-state index contributed by atoms with van der Waals surface area (Å²) in [5.74, 6) is 0.585. The molecule has 0 spiro atoms. The van der Waals surface area contributed by atoms with Gasteiger partial charge >= 0.3 is 0 Å². The van der Waals surface area contributed by atoms with E-state index >= 15 is 0 Å². The Morgan fingerprint density at radius 2 is 1.60 bits per heavy atom. The van der Waals surface area contributed by atoms with Crippen LogP contribution in [0.1, 0.15) is 17.7 Å². The first-order valence-electron chi connectivity index (χ1n) is 10.9. The minimum atomic E-state index is -3.62. The molecule has 4 aromatic rings. The van der Waals surface area contributed by atoms with Crippen molar-refractivity contribution in [3.8, 4) is 5.75 Å². The Hall–Kier alpha value is -3.27. The lowest BCUT2D eigenvalue weighted by atomic mass is 10.1. The number of benzene rings is 3. The van der Waals surface area contributed by atoms with Crippen molar-refractivity contribution in [2.24, 2.45) is 0 Å². The molecule has 2 N–H and O–H groups in total. The number of amides is 1. The molecule has 0 aliphatic carbocycles. The zero-order chi connectivity index (χ0) is 24.7. The van der Waals surface area contributed by atoms with Crippen molar-refractivity contribution in [2.45, 2.75) is 21.3 Å². The van der Waals surface area contributed by atoms with Gasteiger partial charge in [0.25, 0.3) is 10.0 Å². The van der Waals surface area contributed by atoms with Crippen LogP contribution in [-0.4, -0.2) is 20.9 Å². The van der Waals surface area contributed by atoms with Gasteiger partial charge in [-0.15, -0.1) is 23.1 Å². The predicted molar refractivity (Wildman–Crippen MR) is 143 cm³/mol. The molecule has 0 saturated carbocycles. The van der Waals surface area contributed by atoms with Gasteiger partial charge in [-0.1, -0.05) is 36.4 Å². The van der Waals surface area contributed by atoms with Crippen LogP contribution < -0.4 is 14.8 Å². The standard InChI is InChI=1S/C26H24N2O4S3/c1-2-32-22-14-10-20(11-15-22)27-26(29)25(19-7-4-3-5-8-19)34-23-16-12-21(13-17-23)28-35(30,31)24-9-6-18-33-24/h3-18,25,28H,2H2,1H3,(H,27,29). The zero-order valence-corrected chi connectivity index (χ0v) is 21.3. The van der Waals surface area contributed by atoms with Crippen LogP contribution in [0.15, 0.2) is 105 Å². The molecule has 6 nitrogen and oxygen atoms in total. The Morgan fingerprint density at radius 1 is 0.914 bits per heavy atom. The van der Waals surface area contributed by atoms with Crippen molar-refractivity contribution in [1.82, 2.24) is 0 Å². The summed E-state index contributed by atoms with van der Waals surface area (Å²) in [5, 5.41) is 4.20. The summed E-state index contributed by atoms with van der Waals surface area (Å²) in [6.07, 6.45) is 0. The lowest BCUT2D eigenvalue weighted by molar-refractivity contribution is -0.115. The highest BCUT2D eigenvalue weighted by Crippen LogP contribution is 2.37. The van der Waals surface area contributed by atoms with Crippen LogP contribution in [-0.2, 0) is 14.8 Å². The third-order valence-corrected chi connectivity index (χ3v) is 8.94. The van der Waals surface area contributed by atoms with E-state index in [-0.39, 0.29) is 10.1 Å². The van der Waals surface area contributed by atoms with E-state index in [9.17, 15) is 13.2 Å². The van der Waals surface area contributed by atoms with Crippen molar-refractivity contribution >= 4 is 50.4 Å². The van der Waals surface area contributed by atoms with E-state index < -0.39 is 15.3 Å². The summed E-state index contributed by atoms with van der Waals surface area (Å²) in [4.78, 5) is 14.1. The average molecular weight is 525 g/mol. The second-order valence-corrected chi connectivity index (χ2v) is 11.5. The summed E-state index contributed by atoms with van der Waals surface area (Å²) in [6, 6.07) is 27.0. The maximum atomic E-state index is 13.3.